The van der Waals surface area contributed by atoms with E-state index in [1.807, 2.05) is 0 Å². The zero-order chi connectivity index (χ0) is 13.4. The van der Waals surface area contributed by atoms with E-state index < -0.39 is 23.9 Å². The SMILES string of the molecule is C[C@@H](N)C(=O)N[C@H](CCCN=C(N)N)C(N)=O. The second-order valence-corrected chi connectivity index (χ2v) is 3.70. The topological polar surface area (TPSA) is 163 Å². The molecule has 0 aliphatic carbocycles. The lowest BCUT2D eigenvalue weighted by atomic mass is 10.1. The van der Waals surface area contributed by atoms with Gasteiger partial charge in [0.05, 0.1) is 6.04 Å². The second kappa shape index (κ2) is 7.44. The molecule has 0 aromatic rings. The molecule has 2 amide bonds. The normalized spacial score (nSPS) is 13.5. The van der Waals surface area contributed by atoms with Gasteiger partial charge in [-0.25, -0.2) is 0 Å². The first kappa shape index (κ1) is 15.2. The van der Waals surface area contributed by atoms with Crippen molar-refractivity contribution in [1.82, 2.24) is 5.32 Å². The van der Waals surface area contributed by atoms with E-state index in [0.717, 1.165) is 0 Å². The fourth-order valence-electron chi connectivity index (χ4n) is 1.09. The maximum Gasteiger partial charge on any atom is 0.240 e. The van der Waals surface area contributed by atoms with Crippen LogP contribution in [0.2, 0.25) is 0 Å². The van der Waals surface area contributed by atoms with Crippen molar-refractivity contribution in [3.05, 3.63) is 0 Å². The summed E-state index contributed by atoms with van der Waals surface area (Å²) in [6.07, 6.45) is 0.898. The molecule has 0 radical (unpaired) electrons. The fourth-order valence-corrected chi connectivity index (χ4v) is 1.09. The lowest BCUT2D eigenvalue weighted by molar-refractivity contribution is -0.128. The van der Waals surface area contributed by atoms with E-state index in [2.05, 4.69) is 10.3 Å². The number of carbonyl (C=O) groups excluding carboxylic acids is 2. The van der Waals surface area contributed by atoms with Crippen LogP contribution in [0.5, 0.6) is 0 Å². The minimum absolute atomic E-state index is 0.0137. The summed E-state index contributed by atoms with van der Waals surface area (Å²) in [5, 5.41) is 2.45. The zero-order valence-corrected chi connectivity index (χ0v) is 9.85. The fraction of sp³-hybridized carbons (Fsp3) is 0.667. The predicted molar refractivity (Wildman–Crippen MR) is 64.7 cm³/mol. The van der Waals surface area contributed by atoms with Gasteiger partial charge in [0.2, 0.25) is 11.8 Å². The molecule has 17 heavy (non-hydrogen) atoms. The van der Waals surface area contributed by atoms with Crippen LogP contribution >= 0.6 is 0 Å². The predicted octanol–water partition coefficient (Wildman–Crippen LogP) is -2.64. The number of nitrogens with two attached hydrogens (primary N) is 4. The summed E-state index contributed by atoms with van der Waals surface area (Å²) in [7, 11) is 0. The van der Waals surface area contributed by atoms with Crippen molar-refractivity contribution in [2.45, 2.75) is 31.8 Å². The monoisotopic (exact) mass is 244 g/mol. The Labute approximate surface area is 99.8 Å². The van der Waals surface area contributed by atoms with Gasteiger partial charge >= 0.3 is 0 Å². The van der Waals surface area contributed by atoms with Crippen molar-refractivity contribution in [1.29, 1.82) is 0 Å². The van der Waals surface area contributed by atoms with Gasteiger partial charge in [-0.15, -0.1) is 0 Å². The van der Waals surface area contributed by atoms with Gasteiger partial charge in [-0.05, 0) is 19.8 Å². The molecule has 0 unspecified atom stereocenters. The van der Waals surface area contributed by atoms with Crippen LogP contribution in [0, 0.1) is 0 Å². The van der Waals surface area contributed by atoms with E-state index in [-0.39, 0.29) is 5.96 Å². The average molecular weight is 244 g/mol. The van der Waals surface area contributed by atoms with Gasteiger partial charge in [0, 0.05) is 6.54 Å². The van der Waals surface area contributed by atoms with Crippen LogP contribution in [-0.2, 0) is 9.59 Å². The Kier molecular flexibility index (Phi) is 6.64. The Morgan fingerprint density at radius 1 is 1.29 bits per heavy atom. The lowest BCUT2D eigenvalue weighted by Gasteiger charge is -2.16. The summed E-state index contributed by atoms with van der Waals surface area (Å²) in [4.78, 5) is 26.1. The molecule has 9 N–H and O–H groups in total. The molecule has 0 saturated carbocycles. The Morgan fingerprint density at radius 3 is 2.29 bits per heavy atom. The maximum absolute atomic E-state index is 11.3. The molecule has 0 aliphatic heterocycles. The number of guanidine groups is 1. The molecule has 8 heteroatoms. The Balaban J connectivity index is 4.13. The van der Waals surface area contributed by atoms with E-state index in [1.165, 1.54) is 6.92 Å². The molecular weight excluding hydrogens is 224 g/mol. The molecule has 8 nitrogen and oxygen atoms in total. The molecule has 0 spiro atoms. The van der Waals surface area contributed by atoms with Crippen molar-refractivity contribution in [3.63, 3.8) is 0 Å². The second-order valence-electron chi connectivity index (χ2n) is 3.70. The smallest absolute Gasteiger partial charge is 0.240 e. The number of hydrogen-bond acceptors (Lipinski definition) is 4. The number of nitrogens with zero attached hydrogens (tertiary/aromatic N) is 1. The third-order valence-corrected chi connectivity index (χ3v) is 2.02. The first-order valence-corrected chi connectivity index (χ1v) is 5.25. The highest BCUT2D eigenvalue weighted by molar-refractivity contribution is 5.88. The standard InChI is InChI=1S/C9H20N6O2/c1-5(10)8(17)15-6(7(11)16)3-2-4-14-9(12)13/h5-6H,2-4,10H2,1H3,(H2,11,16)(H,15,17)(H4,12,13,14)/t5-,6-/m1/s1. The summed E-state index contributed by atoms with van der Waals surface area (Å²) < 4.78 is 0. The van der Waals surface area contributed by atoms with E-state index in [1.54, 1.807) is 0 Å². The average Bonchev–Trinajstić information content (AvgIpc) is 2.21. The molecule has 0 aromatic carbocycles. The van der Waals surface area contributed by atoms with Crippen LogP contribution in [0.25, 0.3) is 0 Å². The minimum Gasteiger partial charge on any atom is -0.370 e. The first-order chi connectivity index (χ1) is 7.84. The van der Waals surface area contributed by atoms with Crippen molar-refractivity contribution >= 4 is 17.8 Å². The molecule has 0 fully saturated rings. The summed E-state index contributed by atoms with van der Waals surface area (Å²) in [5.41, 5.74) is 20.8. The van der Waals surface area contributed by atoms with Crippen molar-refractivity contribution in [3.8, 4) is 0 Å². The van der Waals surface area contributed by atoms with Crippen molar-refractivity contribution in [2.24, 2.45) is 27.9 Å². The number of aliphatic imine (C=N–C) groups is 1. The highest BCUT2D eigenvalue weighted by Gasteiger charge is 2.19. The van der Waals surface area contributed by atoms with Crippen molar-refractivity contribution < 1.29 is 9.59 Å². The van der Waals surface area contributed by atoms with Crippen LogP contribution in [0.1, 0.15) is 19.8 Å². The lowest BCUT2D eigenvalue weighted by Crippen LogP contribution is -2.49. The Hall–Kier alpha value is -1.83. The highest BCUT2D eigenvalue weighted by Crippen LogP contribution is 1.98. The summed E-state index contributed by atoms with van der Waals surface area (Å²) in [6.45, 7) is 1.90. The molecule has 0 heterocycles. The quantitative estimate of drug-likeness (QED) is 0.187. The van der Waals surface area contributed by atoms with Gasteiger partial charge in [-0.1, -0.05) is 0 Å². The summed E-state index contributed by atoms with van der Waals surface area (Å²) in [5.74, 6) is -1.04. The van der Waals surface area contributed by atoms with Gasteiger partial charge < -0.3 is 28.3 Å². The molecule has 0 bridgehead atoms. The Morgan fingerprint density at radius 2 is 1.88 bits per heavy atom. The first-order valence-electron chi connectivity index (χ1n) is 5.25. The number of nitrogens with one attached hydrogen (secondary N) is 1. The number of carbonyl (C=O) groups is 2. The third-order valence-electron chi connectivity index (χ3n) is 2.02. The molecular formula is C9H20N6O2. The van der Waals surface area contributed by atoms with E-state index in [0.29, 0.717) is 19.4 Å². The molecule has 0 aromatic heterocycles. The molecule has 0 rings (SSSR count). The third kappa shape index (κ3) is 7.12. The molecule has 2 atom stereocenters. The van der Waals surface area contributed by atoms with E-state index in [4.69, 9.17) is 22.9 Å². The summed E-state index contributed by atoms with van der Waals surface area (Å²) in [6, 6.07) is -1.43. The van der Waals surface area contributed by atoms with Crippen molar-refractivity contribution in [2.75, 3.05) is 6.54 Å². The van der Waals surface area contributed by atoms with Crippen LogP contribution < -0.4 is 28.3 Å². The van der Waals surface area contributed by atoms with E-state index >= 15 is 0 Å². The van der Waals surface area contributed by atoms with Gasteiger partial charge in [0.1, 0.15) is 6.04 Å². The van der Waals surface area contributed by atoms with E-state index in [9.17, 15) is 9.59 Å². The zero-order valence-electron chi connectivity index (χ0n) is 9.85. The number of amides is 2. The highest BCUT2D eigenvalue weighted by atomic mass is 16.2. The van der Waals surface area contributed by atoms with Gasteiger partial charge in [-0.3, -0.25) is 14.6 Å². The van der Waals surface area contributed by atoms with Crippen LogP contribution in [0.4, 0.5) is 0 Å². The van der Waals surface area contributed by atoms with Gasteiger partial charge in [0.25, 0.3) is 0 Å². The van der Waals surface area contributed by atoms with Gasteiger partial charge in [0.15, 0.2) is 5.96 Å². The van der Waals surface area contributed by atoms with Crippen LogP contribution in [0.15, 0.2) is 4.99 Å². The minimum atomic E-state index is -0.748. The molecule has 98 valence electrons. The van der Waals surface area contributed by atoms with Crippen LogP contribution in [0.3, 0.4) is 0 Å². The number of hydrogen-bond donors (Lipinski definition) is 5. The van der Waals surface area contributed by atoms with Crippen LogP contribution in [-0.4, -0.2) is 36.4 Å². The largest absolute Gasteiger partial charge is 0.370 e. The number of rotatable bonds is 7. The Bertz CT molecular complexity index is 298. The summed E-state index contributed by atoms with van der Waals surface area (Å²) >= 11 is 0. The molecule has 0 saturated heterocycles. The van der Waals surface area contributed by atoms with Gasteiger partial charge in [-0.2, -0.15) is 0 Å². The molecule has 0 aliphatic rings. The maximum atomic E-state index is 11.3. The number of primary amides is 1.